The number of aromatic nitrogens is 2. The average molecular weight is 263 g/mol. The molecule has 1 heterocycles. The maximum atomic E-state index is 13.1. The molecule has 0 aliphatic heterocycles. The molecule has 2 aromatic rings. The summed E-state index contributed by atoms with van der Waals surface area (Å²) < 4.78 is 28.0. The van der Waals surface area contributed by atoms with Crippen LogP contribution in [-0.4, -0.2) is 15.6 Å². The van der Waals surface area contributed by atoms with Crippen LogP contribution in [0.25, 0.3) is 0 Å². The first-order valence-electron chi connectivity index (χ1n) is 6.38. The molecule has 1 fully saturated rings. The highest BCUT2D eigenvalue weighted by Gasteiger charge is 2.20. The number of nitrogens with one attached hydrogen (secondary N) is 1. The number of benzene rings is 1. The number of halogens is 2. The Hall–Kier alpha value is -1.75. The van der Waals surface area contributed by atoms with E-state index >= 15 is 0 Å². The Morgan fingerprint density at radius 2 is 1.95 bits per heavy atom. The molecule has 0 spiro atoms. The van der Waals surface area contributed by atoms with Crippen LogP contribution in [0.1, 0.15) is 24.1 Å². The summed E-state index contributed by atoms with van der Waals surface area (Å²) in [5, 5.41) is 3.37. The van der Waals surface area contributed by atoms with Crippen molar-refractivity contribution in [2.45, 2.75) is 32.0 Å². The van der Waals surface area contributed by atoms with Crippen molar-refractivity contribution in [3.63, 3.8) is 0 Å². The molecule has 5 heteroatoms. The third-order valence-electron chi connectivity index (χ3n) is 3.12. The third-order valence-corrected chi connectivity index (χ3v) is 3.12. The molecule has 1 N–H and O–H groups in total. The van der Waals surface area contributed by atoms with Gasteiger partial charge in [0.15, 0.2) is 0 Å². The lowest BCUT2D eigenvalue weighted by molar-refractivity contribution is 0.577. The second-order valence-corrected chi connectivity index (χ2v) is 4.97. The van der Waals surface area contributed by atoms with Crippen molar-refractivity contribution in [2.24, 2.45) is 0 Å². The maximum absolute atomic E-state index is 13.1. The smallest absolute Gasteiger partial charge is 0.126 e. The van der Waals surface area contributed by atoms with E-state index in [2.05, 4.69) is 10.3 Å². The molecule has 0 atom stereocenters. The Labute approximate surface area is 110 Å². The monoisotopic (exact) mass is 263 g/mol. The molecule has 0 saturated heterocycles. The lowest BCUT2D eigenvalue weighted by Crippen LogP contribution is -2.15. The topological polar surface area (TPSA) is 29.9 Å². The second kappa shape index (κ2) is 5.09. The van der Waals surface area contributed by atoms with Crippen LogP contribution >= 0.6 is 0 Å². The van der Waals surface area contributed by atoms with Gasteiger partial charge in [-0.1, -0.05) is 0 Å². The van der Waals surface area contributed by atoms with Gasteiger partial charge in [-0.05, 0) is 30.5 Å². The van der Waals surface area contributed by atoms with Crippen molar-refractivity contribution in [2.75, 3.05) is 0 Å². The number of rotatable bonds is 5. The molecule has 1 aromatic carbocycles. The normalized spacial score (nSPS) is 14.8. The first-order chi connectivity index (χ1) is 9.19. The van der Waals surface area contributed by atoms with E-state index in [9.17, 15) is 8.78 Å². The van der Waals surface area contributed by atoms with E-state index in [0.29, 0.717) is 18.2 Å². The fourth-order valence-corrected chi connectivity index (χ4v) is 2.03. The fraction of sp³-hybridized carbons (Fsp3) is 0.357. The van der Waals surface area contributed by atoms with Crippen molar-refractivity contribution in [1.82, 2.24) is 14.9 Å². The molecule has 1 saturated carbocycles. The summed E-state index contributed by atoms with van der Waals surface area (Å²) in [5.74, 6) is -1.10. The molecular weight excluding hydrogens is 248 g/mol. The van der Waals surface area contributed by atoms with Gasteiger partial charge in [0.1, 0.15) is 11.6 Å². The minimum Gasteiger partial charge on any atom is -0.333 e. The number of nitrogens with zero attached hydrogens (tertiary/aromatic N) is 2. The largest absolute Gasteiger partial charge is 0.333 e. The summed E-state index contributed by atoms with van der Waals surface area (Å²) in [5.41, 5.74) is 1.54. The van der Waals surface area contributed by atoms with Gasteiger partial charge < -0.3 is 9.88 Å². The minimum absolute atomic E-state index is 0.422. The highest BCUT2D eigenvalue weighted by Crippen LogP contribution is 2.19. The van der Waals surface area contributed by atoms with E-state index in [-0.39, 0.29) is 0 Å². The van der Waals surface area contributed by atoms with Crippen LogP contribution in [0.5, 0.6) is 0 Å². The molecule has 1 aliphatic carbocycles. The van der Waals surface area contributed by atoms with E-state index < -0.39 is 11.6 Å². The third kappa shape index (κ3) is 3.38. The summed E-state index contributed by atoms with van der Waals surface area (Å²) in [7, 11) is 0. The van der Waals surface area contributed by atoms with Gasteiger partial charge >= 0.3 is 0 Å². The zero-order valence-electron chi connectivity index (χ0n) is 10.4. The van der Waals surface area contributed by atoms with Gasteiger partial charge in [-0.15, -0.1) is 0 Å². The van der Waals surface area contributed by atoms with Crippen LogP contribution in [0.4, 0.5) is 8.78 Å². The standard InChI is InChI=1S/C14H15F2N3/c15-11-3-10(4-12(16)5-11)7-19-8-14(18-9-19)6-17-13-1-2-13/h3-5,8-9,13,17H,1-2,6-7H2. The first-order valence-corrected chi connectivity index (χ1v) is 6.38. The fourth-order valence-electron chi connectivity index (χ4n) is 2.03. The van der Waals surface area contributed by atoms with Gasteiger partial charge in [-0.25, -0.2) is 13.8 Å². The quantitative estimate of drug-likeness (QED) is 0.898. The van der Waals surface area contributed by atoms with Crippen LogP contribution < -0.4 is 5.32 Å². The lowest BCUT2D eigenvalue weighted by atomic mass is 10.2. The van der Waals surface area contributed by atoms with E-state index in [4.69, 9.17) is 0 Å². The Morgan fingerprint density at radius 3 is 2.63 bits per heavy atom. The summed E-state index contributed by atoms with van der Waals surface area (Å²) in [4.78, 5) is 4.27. The number of imidazole rings is 1. The highest BCUT2D eigenvalue weighted by atomic mass is 19.1. The van der Waals surface area contributed by atoms with Crippen molar-refractivity contribution in [1.29, 1.82) is 0 Å². The average Bonchev–Trinajstić information content (AvgIpc) is 3.06. The zero-order valence-corrected chi connectivity index (χ0v) is 10.4. The second-order valence-electron chi connectivity index (χ2n) is 4.97. The van der Waals surface area contributed by atoms with Crippen molar-refractivity contribution in [3.05, 3.63) is 53.6 Å². The van der Waals surface area contributed by atoms with Crippen molar-refractivity contribution >= 4 is 0 Å². The predicted molar refractivity (Wildman–Crippen MR) is 67.5 cm³/mol. The summed E-state index contributed by atoms with van der Waals surface area (Å²) in [6.45, 7) is 1.17. The number of hydrogen-bond donors (Lipinski definition) is 1. The van der Waals surface area contributed by atoms with Crippen molar-refractivity contribution in [3.8, 4) is 0 Å². The van der Waals surface area contributed by atoms with Crippen LogP contribution in [-0.2, 0) is 13.1 Å². The summed E-state index contributed by atoms with van der Waals surface area (Å²) in [6.07, 6.45) is 6.07. The molecule has 100 valence electrons. The molecule has 0 amide bonds. The number of hydrogen-bond acceptors (Lipinski definition) is 2. The SMILES string of the molecule is Fc1cc(F)cc(Cn2cnc(CNC3CC3)c2)c1. The maximum Gasteiger partial charge on any atom is 0.126 e. The van der Waals surface area contributed by atoms with Gasteiger partial charge in [0, 0.05) is 31.4 Å². The van der Waals surface area contributed by atoms with Crippen LogP contribution in [0.3, 0.4) is 0 Å². The molecule has 3 nitrogen and oxygen atoms in total. The highest BCUT2D eigenvalue weighted by molar-refractivity contribution is 5.18. The van der Waals surface area contributed by atoms with E-state index in [0.717, 1.165) is 18.3 Å². The molecule has 3 rings (SSSR count). The van der Waals surface area contributed by atoms with Gasteiger partial charge in [-0.2, -0.15) is 0 Å². The molecule has 19 heavy (non-hydrogen) atoms. The Balaban J connectivity index is 1.65. The van der Waals surface area contributed by atoms with Gasteiger partial charge in [0.25, 0.3) is 0 Å². The van der Waals surface area contributed by atoms with Crippen LogP contribution in [0, 0.1) is 11.6 Å². The zero-order chi connectivity index (χ0) is 13.2. The Bertz CT molecular complexity index is 556. The first kappa shape index (κ1) is 12.3. The molecular formula is C14H15F2N3. The van der Waals surface area contributed by atoms with Gasteiger partial charge in [-0.3, -0.25) is 0 Å². The molecule has 0 bridgehead atoms. The van der Waals surface area contributed by atoms with E-state index in [1.54, 1.807) is 6.33 Å². The van der Waals surface area contributed by atoms with E-state index in [1.807, 2.05) is 10.8 Å². The Kier molecular flexibility index (Phi) is 3.29. The van der Waals surface area contributed by atoms with Gasteiger partial charge in [0.2, 0.25) is 0 Å². The molecule has 0 unspecified atom stereocenters. The molecule has 1 aromatic heterocycles. The molecule has 1 aliphatic rings. The lowest BCUT2D eigenvalue weighted by Gasteiger charge is -2.03. The van der Waals surface area contributed by atoms with Crippen molar-refractivity contribution < 1.29 is 8.78 Å². The Morgan fingerprint density at radius 1 is 1.21 bits per heavy atom. The van der Waals surface area contributed by atoms with E-state index in [1.165, 1.54) is 25.0 Å². The summed E-state index contributed by atoms with van der Waals surface area (Å²) >= 11 is 0. The minimum atomic E-state index is -0.550. The predicted octanol–water partition coefficient (Wildman–Crippen LogP) is 2.46. The van der Waals surface area contributed by atoms with Crippen LogP contribution in [0.15, 0.2) is 30.7 Å². The van der Waals surface area contributed by atoms with Gasteiger partial charge in [0.05, 0.1) is 12.0 Å². The van der Waals surface area contributed by atoms with Crippen LogP contribution in [0.2, 0.25) is 0 Å². The molecule has 0 radical (unpaired) electrons. The summed E-state index contributed by atoms with van der Waals surface area (Å²) in [6, 6.07) is 4.20.